The van der Waals surface area contributed by atoms with Crippen LogP contribution in [0.4, 0.5) is 0 Å². The Morgan fingerprint density at radius 2 is 0.935 bits per heavy atom. The van der Waals surface area contributed by atoms with Gasteiger partial charge in [0.05, 0.1) is 5.41 Å². The molecule has 0 N–H and O–H groups in total. The van der Waals surface area contributed by atoms with E-state index in [1.165, 1.54) is 72.0 Å². The van der Waals surface area contributed by atoms with Crippen LogP contribution in [0.5, 0.6) is 11.5 Å². The molecule has 1 aliphatic heterocycles. The van der Waals surface area contributed by atoms with Crippen LogP contribution in [0, 0.1) is 0 Å². The highest BCUT2D eigenvalue weighted by Gasteiger charge is 2.51. The highest BCUT2D eigenvalue weighted by atomic mass is 16.5. The maximum Gasteiger partial charge on any atom is 0.164 e. The highest BCUT2D eigenvalue weighted by Crippen LogP contribution is 2.62. The summed E-state index contributed by atoms with van der Waals surface area (Å²) in [4.78, 5) is 15.5. The van der Waals surface area contributed by atoms with E-state index in [2.05, 4.69) is 170 Å². The molecule has 1 unspecified atom stereocenters. The topological polar surface area (TPSA) is 47.9 Å². The number of aromatic nitrogens is 3. The summed E-state index contributed by atoms with van der Waals surface area (Å²) < 4.78 is 6.64. The van der Waals surface area contributed by atoms with Gasteiger partial charge in [-0.15, -0.1) is 0 Å². The molecule has 1 aromatic heterocycles. The molecule has 9 aromatic carbocycles. The van der Waals surface area contributed by atoms with Crippen molar-refractivity contribution in [3.05, 3.63) is 245 Å². The van der Waals surface area contributed by atoms with Crippen LogP contribution < -0.4 is 4.74 Å². The van der Waals surface area contributed by atoms with Crippen molar-refractivity contribution in [2.24, 2.45) is 0 Å². The van der Waals surface area contributed by atoms with Crippen LogP contribution in [0.1, 0.15) is 44.9 Å². The molecule has 0 amide bonds. The average molecular weight is 792 g/mol. The minimum Gasteiger partial charge on any atom is -0.457 e. The minimum absolute atomic E-state index is 0.0978. The molecule has 0 saturated heterocycles. The molecule has 4 heteroatoms. The fraction of sp³-hybridized carbons (Fsp3) is 0.0517. The number of hydrogen-bond donors (Lipinski definition) is 0. The molecule has 290 valence electrons. The number of para-hydroxylation sites is 2. The number of benzene rings is 9. The van der Waals surface area contributed by atoms with E-state index in [0.717, 1.165) is 34.6 Å². The quantitative estimate of drug-likeness (QED) is 0.174. The third kappa shape index (κ3) is 5.10. The zero-order chi connectivity index (χ0) is 40.8. The summed E-state index contributed by atoms with van der Waals surface area (Å²) in [5, 5.41) is 2.45. The normalized spacial score (nSPS) is 14.6. The van der Waals surface area contributed by atoms with E-state index in [9.17, 15) is 0 Å². The molecule has 1 spiro atoms. The zero-order valence-corrected chi connectivity index (χ0v) is 33.7. The van der Waals surface area contributed by atoms with Gasteiger partial charge in [0.25, 0.3) is 0 Å². The Bertz CT molecular complexity index is 3330. The van der Waals surface area contributed by atoms with Gasteiger partial charge in [-0.2, -0.15) is 0 Å². The predicted octanol–water partition coefficient (Wildman–Crippen LogP) is 13.8. The van der Waals surface area contributed by atoms with Crippen molar-refractivity contribution in [1.82, 2.24) is 15.0 Å². The summed E-state index contributed by atoms with van der Waals surface area (Å²) in [6.45, 7) is 0. The van der Waals surface area contributed by atoms with Crippen LogP contribution in [0.2, 0.25) is 0 Å². The summed E-state index contributed by atoms with van der Waals surface area (Å²) in [5.74, 6) is 3.89. The molecule has 1 atom stereocenters. The number of nitrogens with zero attached hydrogens (tertiary/aromatic N) is 3. The smallest absolute Gasteiger partial charge is 0.164 e. The van der Waals surface area contributed by atoms with Crippen molar-refractivity contribution in [3.8, 4) is 67.9 Å². The van der Waals surface area contributed by atoms with Gasteiger partial charge >= 0.3 is 0 Å². The highest BCUT2D eigenvalue weighted by molar-refractivity contribution is 5.97. The van der Waals surface area contributed by atoms with Gasteiger partial charge in [-0.25, -0.2) is 15.0 Å². The Morgan fingerprint density at radius 1 is 0.387 bits per heavy atom. The first-order valence-electron chi connectivity index (χ1n) is 21.4. The van der Waals surface area contributed by atoms with E-state index in [0.29, 0.717) is 17.5 Å². The van der Waals surface area contributed by atoms with Gasteiger partial charge in [0.15, 0.2) is 17.5 Å². The van der Waals surface area contributed by atoms with Crippen molar-refractivity contribution >= 4 is 10.8 Å². The summed E-state index contributed by atoms with van der Waals surface area (Å²) in [5.41, 5.74) is 16.2. The van der Waals surface area contributed by atoms with E-state index >= 15 is 0 Å². The van der Waals surface area contributed by atoms with Gasteiger partial charge in [-0.05, 0) is 91.5 Å². The van der Waals surface area contributed by atoms with E-state index in [-0.39, 0.29) is 5.92 Å². The van der Waals surface area contributed by atoms with E-state index in [1.54, 1.807) is 0 Å². The van der Waals surface area contributed by atoms with Crippen LogP contribution in [-0.2, 0) is 11.8 Å². The van der Waals surface area contributed by atoms with Gasteiger partial charge in [0.1, 0.15) is 11.5 Å². The number of fused-ring (bicyclic) bond motifs is 13. The number of ether oxygens (including phenoxy) is 1. The average Bonchev–Trinajstić information content (AvgIpc) is 3.80. The monoisotopic (exact) mass is 791 g/mol. The molecular formula is C58H37N3O. The summed E-state index contributed by atoms with van der Waals surface area (Å²) >= 11 is 0. The zero-order valence-electron chi connectivity index (χ0n) is 33.7. The lowest BCUT2D eigenvalue weighted by atomic mass is 9.66. The number of hydrogen-bond acceptors (Lipinski definition) is 4. The van der Waals surface area contributed by atoms with Crippen molar-refractivity contribution in [2.45, 2.75) is 17.8 Å². The van der Waals surface area contributed by atoms with E-state index in [4.69, 9.17) is 19.7 Å². The fourth-order valence-electron chi connectivity index (χ4n) is 10.7. The molecular weight excluding hydrogens is 755 g/mol. The van der Waals surface area contributed by atoms with Crippen LogP contribution in [0.3, 0.4) is 0 Å². The first kappa shape index (κ1) is 34.9. The first-order chi connectivity index (χ1) is 30.7. The summed E-state index contributed by atoms with van der Waals surface area (Å²) in [6.07, 6.45) is 0.822. The molecule has 3 aliphatic rings. The standard InChI is InChI=1S/C58H37N3O/c1-3-16-37(17-4-1)55-59-56(38-18-5-2-6-19-38)61-57(60-55)44-24-15-23-43-45(46-34-39-20-7-8-21-40(39)35-47(46)54(43)44)32-36-30-31-42-41-22-9-10-25-48(41)58(51(42)33-36)49-26-11-13-28-52(49)62-53-29-14-12-27-50(53)58/h1-31,33-35,45H,32H2. The minimum atomic E-state index is -0.520. The van der Waals surface area contributed by atoms with Crippen LogP contribution in [0.15, 0.2) is 206 Å². The van der Waals surface area contributed by atoms with Gasteiger partial charge in [-0.3, -0.25) is 0 Å². The Morgan fingerprint density at radius 3 is 1.63 bits per heavy atom. The second-order valence-electron chi connectivity index (χ2n) is 16.6. The fourth-order valence-corrected chi connectivity index (χ4v) is 10.7. The lowest BCUT2D eigenvalue weighted by molar-refractivity contribution is 0.436. The second kappa shape index (κ2) is 13.5. The summed E-state index contributed by atoms with van der Waals surface area (Å²) in [6, 6.07) is 74.0. The van der Waals surface area contributed by atoms with Crippen molar-refractivity contribution in [1.29, 1.82) is 0 Å². The van der Waals surface area contributed by atoms with Crippen LogP contribution >= 0.6 is 0 Å². The molecule has 2 heterocycles. The summed E-state index contributed by atoms with van der Waals surface area (Å²) in [7, 11) is 0. The van der Waals surface area contributed by atoms with Crippen molar-refractivity contribution in [3.63, 3.8) is 0 Å². The molecule has 4 nitrogen and oxygen atoms in total. The van der Waals surface area contributed by atoms with Crippen LogP contribution in [-0.4, -0.2) is 15.0 Å². The van der Waals surface area contributed by atoms with Gasteiger partial charge in [0.2, 0.25) is 0 Å². The lowest BCUT2D eigenvalue weighted by Crippen LogP contribution is -2.32. The molecule has 0 saturated carbocycles. The Labute approximate surface area is 359 Å². The van der Waals surface area contributed by atoms with Gasteiger partial charge < -0.3 is 4.74 Å². The molecule has 13 rings (SSSR count). The molecule has 2 aliphatic carbocycles. The Hall–Kier alpha value is -7.95. The number of rotatable bonds is 5. The SMILES string of the molecule is c1ccc(-c2nc(-c3ccccc3)nc(-c3cccc4c3-c3cc5ccccc5cc3C4Cc3ccc4c(c3)C3(c5ccccc5Oc5ccccc53)c3ccccc3-4)n2)cc1. The van der Waals surface area contributed by atoms with Crippen molar-refractivity contribution in [2.75, 3.05) is 0 Å². The molecule has 0 bridgehead atoms. The maximum absolute atomic E-state index is 6.64. The molecule has 10 aromatic rings. The Balaban J connectivity index is 1.01. The molecule has 62 heavy (non-hydrogen) atoms. The third-order valence-corrected chi connectivity index (χ3v) is 13.3. The Kier molecular flexibility index (Phi) is 7.61. The first-order valence-corrected chi connectivity index (χ1v) is 21.4. The van der Waals surface area contributed by atoms with Gasteiger partial charge in [0, 0.05) is 33.7 Å². The van der Waals surface area contributed by atoms with E-state index in [1.807, 2.05) is 36.4 Å². The van der Waals surface area contributed by atoms with Crippen LogP contribution in [0.25, 0.3) is 67.2 Å². The lowest BCUT2D eigenvalue weighted by Gasteiger charge is -2.39. The second-order valence-corrected chi connectivity index (χ2v) is 16.6. The van der Waals surface area contributed by atoms with Crippen molar-refractivity contribution < 1.29 is 4.74 Å². The molecule has 0 radical (unpaired) electrons. The maximum atomic E-state index is 6.64. The largest absolute Gasteiger partial charge is 0.457 e. The molecule has 0 fully saturated rings. The predicted molar refractivity (Wildman–Crippen MR) is 248 cm³/mol. The third-order valence-electron chi connectivity index (χ3n) is 13.3. The van der Waals surface area contributed by atoms with E-state index < -0.39 is 5.41 Å². The van der Waals surface area contributed by atoms with Gasteiger partial charge in [-0.1, -0.05) is 182 Å².